The van der Waals surface area contributed by atoms with Crippen molar-refractivity contribution >= 4 is 5.69 Å². The van der Waals surface area contributed by atoms with Crippen molar-refractivity contribution < 1.29 is 14.1 Å². The van der Waals surface area contributed by atoms with Crippen LogP contribution < -0.4 is 0 Å². The number of alkyl halides is 1. The molecule has 0 bridgehead atoms. The monoisotopic (exact) mass is 298 g/mol. The van der Waals surface area contributed by atoms with Crippen LogP contribution in [0.3, 0.4) is 0 Å². The predicted molar refractivity (Wildman–Crippen MR) is 70.3 cm³/mol. The van der Waals surface area contributed by atoms with Crippen molar-refractivity contribution in [3.8, 4) is 0 Å². The number of halogens is 1. The number of aromatic amines is 1. The Balaban J connectivity index is 2.09. The van der Waals surface area contributed by atoms with E-state index in [0.717, 1.165) is 6.20 Å². The molecule has 0 radical (unpaired) electrons. The molecule has 0 unspecified atom stereocenters. The minimum Gasteiger partial charge on any atom is -0.372 e. The zero-order valence-corrected chi connectivity index (χ0v) is 11.3. The van der Waals surface area contributed by atoms with Crippen molar-refractivity contribution in [1.29, 1.82) is 0 Å². The van der Waals surface area contributed by atoms with Gasteiger partial charge in [-0.05, 0) is 25.3 Å². The lowest BCUT2D eigenvalue weighted by atomic mass is 10.0. The van der Waals surface area contributed by atoms with E-state index in [2.05, 4.69) is 20.2 Å². The average molecular weight is 298 g/mol. The van der Waals surface area contributed by atoms with E-state index in [0.29, 0.717) is 18.5 Å². The van der Waals surface area contributed by atoms with Crippen molar-refractivity contribution in [2.24, 2.45) is 5.11 Å². The lowest BCUT2D eigenvalue weighted by Crippen LogP contribution is -2.31. The second kappa shape index (κ2) is 6.51. The number of H-pyrrole nitrogens is 1. The summed E-state index contributed by atoms with van der Waals surface area (Å²) in [6, 6.07) is -0.772. The second-order valence-corrected chi connectivity index (χ2v) is 4.95. The Morgan fingerprint density at radius 2 is 2.48 bits per heavy atom. The lowest BCUT2D eigenvalue weighted by molar-refractivity contribution is -0.385. The van der Waals surface area contributed by atoms with Crippen LogP contribution in [0.15, 0.2) is 11.3 Å². The fourth-order valence-electron chi connectivity index (χ4n) is 2.46. The number of hydrogen-bond donors (Lipinski definition) is 1. The summed E-state index contributed by atoms with van der Waals surface area (Å²) < 4.78 is 19.6. The molecule has 1 fully saturated rings. The summed E-state index contributed by atoms with van der Waals surface area (Å²) in [5.74, 6) is 0. The van der Waals surface area contributed by atoms with Gasteiger partial charge in [-0.3, -0.25) is 15.2 Å². The molecule has 2 heterocycles. The number of ether oxygens (including phenoxy) is 1. The van der Waals surface area contributed by atoms with Crippen LogP contribution in [0.2, 0.25) is 0 Å². The number of aromatic nitrogens is 2. The second-order valence-electron chi connectivity index (χ2n) is 4.95. The SMILES string of the molecule is C[C@@H]1O[C@H](Cc2[nH]ncc2[N+](=O)[O-])CC[C@@H](N=[N+]=[N-])[C@@H]1F. The molecule has 0 saturated carbocycles. The van der Waals surface area contributed by atoms with Gasteiger partial charge in [0.15, 0.2) is 0 Å². The number of nitro groups is 1. The van der Waals surface area contributed by atoms with Crippen molar-refractivity contribution in [1.82, 2.24) is 10.2 Å². The lowest BCUT2D eigenvalue weighted by Gasteiger charge is -2.20. The first-order chi connectivity index (χ1) is 10.0. The smallest absolute Gasteiger partial charge is 0.309 e. The fourth-order valence-corrected chi connectivity index (χ4v) is 2.46. The van der Waals surface area contributed by atoms with Gasteiger partial charge in [-0.2, -0.15) is 5.10 Å². The van der Waals surface area contributed by atoms with Crippen LogP contribution in [-0.4, -0.2) is 39.5 Å². The van der Waals surface area contributed by atoms with E-state index in [-0.39, 0.29) is 12.1 Å². The van der Waals surface area contributed by atoms with Gasteiger partial charge >= 0.3 is 5.69 Å². The Hall–Kier alpha value is -2.19. The van der Waals surface area contributed by atoms with Gasteiger partial charge in [0, 0.05) is 11.3 Å². The Labute approximate surface area is 119 Å². The van der Waals surface area contributed by atoms with E-state index < -0.39 is 29.3 Å². The van der Waals surface area contributed by atoms with Crippen molar-refractivity contribution in [3.63, 3.8) is 0 Å². The average Bonchev–Trinajstić information content (AvgIpc) is 2.85. The van der Waals surface area contributed by atoms with E-state index in [1.807, 2.05) is 0 Å². The summed E-state index contributed by atoms with van der Waals surface area (Å²) in [6.45, 7) is 1.56. The minimum atomic E-state index is -1.39. The summed E-state index contributed by atoms with van der Waals surface area (Å²) in [7, 11) is 0. The molecule has 1 aromatic heterocycles. The van der Waals surface area contributed by atoms with Gasteiger partial charge in [0.2, 0.25) is 0 Å². The van der Waals surface area contributed by atoms with E-state index in [1.165, 1.54) is 0 Å². The van der Waals surface area contributed by atoms with E-state index in [9.17, 15) is 14.5 Å². The van der Waals surface area contributed by atoms with Crippen molar-refractivity contribution in [2.45, 2.75) is 50.6 Å². The van der Waals surface area contributed by atoms with E-state index >= 15 is 0 Å². The number of azide groups is 1. The normalized spacial score (nSPS) is 29.4. The summed E-state index contributed by atoms with van der Waals surface area (Å²) >= 11 is 0. The first-order valence-electron chi connectivity index (χ1n) is 6.53. The Bertz CT molecular complexity index is 558. The van der Waals surface area contributed by atoms with Crippen molar-refractivity contribution in [2.75, 3.05) is 0 Å². The molecule has 4 atom stereocenters. The first-order valence-corrected chi connectivity index (χ1v) is 6.53. The quantitative estimate of drug-likeness (QED) is 0.301. The molecule has 9 nitrogen and oxygen atoms in total. The molecule has 0 aromatic carbocycles. The molecule has 1 aliphatic rings. The molecular formula is C11H15FN6O3. The summed E-state index contributed by atoms with van der Waals surface area (Å²) in [5.41, 5.74) is 8.68. The summed E-state index contributed by atoms with van der Waals surface area (Å²) in [4.78, 5) is 13.0. The van der Waals surface area contributed by atoms with Gasteiger partial charge < -0.3 is 4.74 Å². The molecule has 0 spiro atoms. The van der Waals surface area contributed by atoms with Gasteiger partial charge in [0.1, 0.15) is 18.1 Å². The molecule has 0 aliphatic carbocycles. The maximum absolute atomic E-state index is 14.0. The molecule has 1 saturated heterocycles. The zero-order chi connectivity index (χ0) is 15.4. The van der Waals surface area contributed by atoms with Crippen LogP contribution in [0.1, 0.15) is 25.5 Å². The Morgan fingerprint density at radius 1 is 1.71 bits per heavy atom. The molecule has 10 heteroatoms. The molecular weight excluding hydrogens is 283 g/mol. The van der Waals surface area contributed by atoms with Crippen LogP contribution >= 0.6 is 0 Å². The Morgan fingerprint density at radius 3 is 3.14 bits per heavy atom. The molecule has 1 aliphatic heterocycles. The Kier molecular flexibility index (Phi) is 4.71. The molecule has 1 N–H and O–H groups in total. The van der Waals surface area contributed by atoms with Crippen LogP contribution in [0.4, 0.5) is 10.1 Å². The third-order valence-electron chi connectivity index (χ3n) is 3.53. The number of nitrogens with zero attached hydrogens (tertiary/aromatic N) is 5. The van der Waals surface area contributed by atoms with E-state index in [1.54, 1.807) is 6.92 Å². The highest BCUT2D eigenvalue weighted by molar-refractivity contribution is 5.32. The molecule has 2 rings (SSSR count). The minimum absolute atomic E-state index is 0.112. The molecule has 0 amide bonds. The number of nitrogens with one attached hydrogen (secondary N) is 1. The van der Waals surface area contributed by atoms with Gasteiger partial charge in [0.05, 0.1) is 23.2 Å². The predicted octanol–water partition coefficient (Wildman–Crippen LogP) is 2.44. The van der Waals surface area contributed by atoms with Crippen molar-refractivity contribution in [3.05, 3.63) is 32.4 Å². The zero-order valence-electron chi connectivity index (χ0n) is 11.3. The fraction of sp³-hybridized carbons (Fsp3) is 0.727. The highest BCUT2D eigenvalue weighted by Crippen LogP contribution is 2.27. The maximum Gasteiger partial charge on any atom is 0.309 e. The van der Waals surface area contributed by atoms with Gasteiger partial charge in [-0.1, -0.05) is 5.11 Å². The van der Waals surface area contributed by atoms with Crippen LogP contribution in [-0.2, 0) is 11.2 Å². The van der Waals surface area contributed by atoms with Gasteiger partial charge in [-0.25, -0.2) is 4.39 Å². The highest BCUT2D eigenvalue weighted by atomic mass is 19.1. The van der Waals surface area contributed by atoms with Gasteiger partial charge in [-0.15, -0.1) is 0 Å². The first kappa shape index (κ1) is 15.2. The van der Waals surface area contributed by atoms with Gasteiger partial charge in [0.25, 0.3) is 0 Å². The largest absolute Gasteiger partial charge is 0.372 e. The number of hydrogen-bond acceptors (Lipinski definition) is 5. The van der Waals surface area contributed by atoms with Crippen LogP contribution in [0.25, 0.3) is 10.4 Å². The van der Waals surface area contributed by atoms with E-state index in [4.69, 9.17) is 10.3 Å². The third kappa shape index (κ3) is 3.47. The molecule has 114 valence electrons. The maximum atomic E-state index is 14.0. The molecule has 1 aromatic rings. The summed E-state index contributed by atoms with van der Waals surface area (Å²) in [6.07, 6.45) is -0.367. The van der Waals surface area contributed by atoms with Crippen LogP contribution in [0.5, 0.6) is 0 Å². The standard InChI is InChI=1S/C11H15FN6O3/c1-6-11(12)8(16-17-13)3-2-7(21-6)4-9-10(18(19)20)5-14-15-9/h5-8,11H,2-4H2,1H3,(H,14,15)/t6-,7-,8+,11+/m0/s1. The number of rotatable bonds is 4. The van der Waals surface area contributed by atoms with Crippen LogP contribution in [0, 0.1) is 10.1 Å². The highest BCUT2D eigenvalue weighted by Gasteiger charge is 2.34. The summed E-state index contributed by atoms with van der Waals surface area (Å²) in [5, 5.41) is 20.5. The topological polar surface area (TPSA) is 130 Å². The molecule has 21 heavy (non-hydrogen) atoms. The third-order valence-corrected chi connectivity index (χ3v) is 3.53.